The molecule has 4 rings (SSSR count). The summed E-state index contributed by atoms with van der Waals surface area (Å²) < 4.78 is 0. The molecule has 1 aromatic heterocycles. The summed E-state index contributed by atoms with van der Waals surface area (Å²) in [6.45, 7) is 8.02. The van der Waals surface area contributed by atoms with Crippen LogP contribution in [-0.4, -0.2) is 53.9 Å². The Kier molecular flexibility index (Phi) is 6.24. The predicted octanol–water partition coefficient (Wildman–Crippen LogP) is 4.28. The lowest BCUT2D eigenvalue weighted by Crippen LogP contribution is -2.35. The van der Waals surface area contributed by atoms with Crippen LogP contribution < -0.4 is 0 Å². The third kappa shape index (κ3) is 4.59. The number of carbonyl (C=O) groups is 1. The molecule has 2 aromatic carbocycles. The van der Waals surface area contributed by atoms with Gasteiger partial charge in [0.05, 0.1) is 6.42 Å². The second-order valence-electron chi connectivity index (χ2n) is 8.78. The number of aryl methyl sites for hydroxylation is 2. The number of aromatic amines is 1. The first-order valence-corrected chi connectivity index (χ1v) is 11.1. The number of hydrogen-bond acceptors (Lipinski definition) is 2. The first kappa shape index (κ1) is 20.7. The molecule has 1 aliphatic rings. The minimum Gasteiger partial charge on any atom is -0.361 e. The molecule has 0 saturated heterocycles. The second kappa shape index (κ2) is 9.05. The molecule has 0 bridgehead atoms. The normalized spacial score (nSPS) is 14.4. The highest BCUT2D eigenvalue weighted by molar-refractivity contribution is 5.83. The van der Waals surface area contributed by atoms with Crippen molar-refractivity contribution in [1.82, 2.24) is 14.8 Å². The van der Waals surface area contributed by atoms with Gasteiger partial charge in [-0.3, -0.25) is 4.79 Å². The monoisotopic (exact) mass is 403 g/mol. The predicted molar refractivity (Wildman–Crippen MR) is 124 cm³/mol. The van der Waals surface area contributed by atoms with Gasteiger partial charge >= 0.3 is 0 Å². The second-order valence-corrected chi connectivity index (χ2v) is 8.78. The fourth-order valence-electron chi connectivity index (χ4n) is 4.52. The number of fused-ring (bicyclic) bond motifs is 2. The summed E-state index contributed by atoms with van der Waals surface area (Å²) in [4.78, 5) is 20.6. The Bertz CT molecular complexity index is 1040. The SMILES string of the molecule is Cc1cc2c(cc1C)CC(=O)N(CCCN(C)CCc1c[nH]c3ccccc13)CC2. The molecule has 1 N–H and O–H groups in total. The minimum absolute atomic E-state index is 0.276. The van der Waals surface area contributed by atoms with Gasteiger partial charge in [-0.1, -0.05) is 30.3 Å². The van der Waals surface area contributed by atoms with Crippen LogP contribution >= 0.6 is 0 Å². The van der Waals surface area contributed by atoms with Gasteiger partial charge in [0, 0.05) is 36.7 Å². The van der Waals surface area contributed by atoms with Crippen LogP contribution in [0.3, 0.4) is 0 Å². The Morgan fingerprint density at radius 1 is 1.07 bits per heavy atom. The van der Waals surface area contributed by atoms with E-state index in [0.29, 0.717) is 6.42 Å². The van der Waals surface area contributed by atoms with E-state index in [0.717, 1.165) is 45.4 Å². The number of carbonyl (C=O) groups excluding carboxylic acids is 1. The molecule has 3 aromatic rings. The van der Waals surface area contributed by atoms with E-state index in [2.05, 4.69) is 78.3 Å². The van der Waals surface area contributed by atoms with Crippen LogP contribution in [0.5, 0.6) is 0 Å². The average Bonchev–Trinajstić information content (AvgIpc) is 3.08. The Morgan fingerprint density at radius 2 is 1.83 bits per heavy atom. The molecule has 0 aliphatic carbocycles. The number of hydrogen-bond donors (Lipinski definition) is 1. The van der Waals surface area contributed by atoms with Gasteiger partial charge in [0.15, 0.2) is 0 Å². The van der Waals surface area contributed by atoms with E-state index in [1.165, 1.54) is 38.7 Å². The summed E-state index contributed by atoms with van der Waals surface area (Å²) >= 11 is 0. The molecule has 1 aliphatic heterocycles. The summed E-state index contributed by atoms with van der Waals surface area (Å²) in [6.07, 6.45) is 5.71. The van der Waals surface area contributed by atoms with Crippen molar-refractivity contribution in [1.29, 1.82) is 0 Å². The van der Waals surface area contributed by atoms with Crippen molar-refractivity contribution in [2.75, 3.05) is 33.2 Å². The zero-order valence-electron chi connectivity index (χ0n) is 18.5. The van der Waals surface area contributed by atoms with E-state index in [1.54, 1.807) is 0 Å². The molecule has 0 spiro atoms. The Morgan fingerprint density at radius 3 is 2.67 bits per heavy atom. The third-order valence-electron chi connectivity index (χ3n) is 6.57. The largest absolute Gasteiger partial charge is 0.361 e. The van der Waals surface area contributed by atoms with Gasteiger partial charge in [-0.05, 0) is 80.6 Å². The lowest BCUT2D eigenvalue weighted by molar-refractivity contribution is -0.130. The van der Waals surface area contributed by atoms with Crippen LogP contribution in [0.2, 0.25) is 0 Å². The van der Waals surface area contributed by atoms with Gasteiger partial charge in [-0.2, -0.15) is 0 Å². The topological polar surface area (TPSA) is 39.3 Å². The number of rotatable bonds is 7. The first-order valence-electron chi connectivity index (χ1n) is 11.1. The third-order valence-corrected chi connectivity index (χ3v) is 6.57. The van der Waals surface area contributed by atoms with Gasteiger partial charge < -0.3 is 14.8 Å². The molecular weight excluding hydrogens is 370 g/mol. The molecule has 0 saturated carbocycles. The zero-order valence-corrected chi connectivity index (χ0v) is 18.5. The number of H-pyrrole nitrogens is 1. The molecule has 4 nitrogen and oxygen atoms in total. The summed E-state index contributed by atoms with van der Waals surface area (Å²) in [6, 6.07) is 13.0. The molecule has 158 valence electrons. The van der Waals surface area contributed by atoms with Crippen molar-refractivity contribution in [2.45, 2.75) is 39.5 Å². The van der Waals surface area contributed by atoms with Crippen molar-refractivity contribution >= 4 is 16.8 Å². The number of nitrogens with zero attached hydrogens (tertiary/aromatic N) is 2. The van der Waals surface area contributed by atoms with Gasteiger partial charge in [-0.25, -0.2) is 0 Å². The number of benzene rings is 2. The summed E-state index contributed by atoms with van der Waals surface area (Å²) in [5.74, 6) is 0.276. The van der Waals surface area contributed by atoms with Crippen molar-refractivity contribution in [3.8, 4) is 0 Å². The minimum atomic E-state index is 0.276. The van der Waals surface area contributed by atoms with Crippen molar-refractivity contribution in [3.05, 3.63) is 70.4 Å². The van der Waals surface area contributed by atoms with Gasteiger partial charge in [-0.15, -0.1) is 0 Å². The van der Waals surface area contributed by atoms with Crippen LogP contribution in [-0.2, 0) is 24.1 Å². The molecule has 0 fully saturated rings. The maximum Gasteiger partial charge on any atom is 0.227 e. The average molecular weight is 404 g/mol. The molecule has 4 heteroatoms. The summed E-state index contributed by atoms with van der Waals surface area (Å²) in [5, 5.41) is 1.33. The van der Waals surface area contributed by atoms with E-state index < -0.39 is 0 Å². The fourth-order valence-corrected chi connectivity index (χ4v) is 4.52. The Labute approximate surface area is 179 Å². The van der Waals surface area contributed by atoms with E-state index in [4.69, 9.17) is 0 Å². The molecule has 0 atom stereocenters. The Balaban J connectivity index is 1.25. The van der Waals surface area contributed by atoms with E-state index >= 15 is 0 Å². The quantitative estimate of drug-likeness (QED) is 0.640. The van der Waals surface area contributed by atoms with Crippen molar-refractivity contribution in [2.24, 2.45) is 0 Å². The van der Waals surface area contributed by atoms with E-state index in [-0.39, 0.29) is 5.91 Å². The Hall–Kier alpha value is -2.59. The van der Waals surface area contributed by atoms with E-state index in [9.17, 15) is 4.79 Å². The summed E-state index contributed by atoms with van der Waals surface area (Å²) in [5.41, 5.74) is 7.77. The molecule has 0 radical (unpaired) electrons. The smallest absolute Gasteiger partial charge is 0.227 e. The molecular formula is C26H33N3O. The van der Waals surface area contributed by atoms with Crippen LogP contribution in [0, 0.1) is 13.8 Å². The highest BCUT2D eigenvalue weighted by Crippen LogP contribution is 2.21. The first-order chi connectivity index (χ1) is 14.5. The molecule has 0 unspecified atom stereocenters. The summed E-state index contributed by atoms with van der Waals surface area (Å²) in [7, 11) is 2.18. The van der Waals surface area contributed by atoms with Gasteiger partial charge in [0.2, 0.25) is 5.91 Å². The number of para-hydroxylation sites is 1. The molecule has 2 heterocycles. The van der Waals surface area contributed by atoms with Crippen LogP contribution in [0.1, 0.15) is 34.2 Å². The standard InChI is InChI=1S/C26H33N3O/c1-19-15-21-10-14-29(26(30)17-23(21)16-20(19)2)12-6-11-28(3)13-9-22-18-27-25-8-5-4-7-24(22)25/h4-5,7-8,15-16,18,27H,6,9-14,17H2,1-3H3. The number of aromatic nitrogens is 1. The highest BCUT2D eigenvalue weighted by Gasteiger charge is 2.21. The highest BCUT2D eigenvalue weighted by atomic mass is 16.2. The van der Waals surface area contributed by atoms with Crippen LogP contribution in [0.15, 0.2) is 42.6 Å². The maximum atomic E-state index is 12.8. The number of nitrogens with one attached hydrogen (secondary N) is 1. The van der Waals surface area contributed by atoms with Crippen molar-refractivity contribution < 1.29 is 4.79 Å². The zero-order chi connectivity index (χ0) is 21.1. The fraction of sp³-hybridized carbons (Fsp3) is 0.423. The lowest BCUT2D eigenvalue weighted by atomic mass is 9.97. The van der Waals surface area contributed by atoms with Gasteiger partial charge in [0.25, 0.3) is 0 Å². The van der Waals surface area contributed by atoms with Crippen LogP contribution in [0.4, 0.5) is 0 Å². The lowest BCUT2D eigenvalue weighted by Gasteiger charge is -2.22. The number of likely N-dealkylation sites (N-methyl/N-ethyl adjacent to an activating group) is 1. The molecule has 1 amide bonds. The van der Waals surface area contributed by atoms with E-state index in [1.807, 2.05) is 0 Å². The van der Waals surface area contributed by atoms with Crippen LogP contribution in [0.25, 0.3) is 10.9 Å². The molecule has 30 heavy (non-hydrogen) atoms. The number of amides is 1. The van der Waals surface area contributed by atoms with Gasteiger partial charge in [0.1, 0.15) is 0 Å². The maximum absolute atomic E-state index is 12.8. The van der Waals surface area contributed by atoms with Crippen molar-refractivity contribution in [3.63, 3.8) is 0 Å².